The molecule has 0 fully saturated rings. The van der Waals surface area contributed by atoms with E-state index in [1.54, 1.807) is 4.52 Å². The standard InChI is InChI=1S/C13H9BrClN3/c14-10-5-6-18-13(8-10)16-12(17-18)7-9-1-3-11(15)4-2-9/h1-6,8H,7H2. The maximum absolute atomic E-state index is 5.86. The molecule has 0 unspecified atom stereocenters. The van der Waals surface area contributed by atoms with Crippen molar-refractivity contribution in [2.45, 2.75) is 6.42 Å². The highest BCUT2D eigenvalue weighted by molar-refractivity contribution is 9.10. The quantitative estimate of drug-likeness (QED) is 0.719. The van der Waals surface area contributed by atoms with Gasteiger partial charge in [-0.3, -0.25) is 0 Å². The highest BCUT2D eigenvalue weighted by Crippen LogP contribution is 2.14. The van der Waals surface area contributed by atoms with Gasteiger partial charge in [0.15, 0.2) is 11.5 Å². The van der Waals surface area contributed by atoms with Crippen molar-refractivity contribution < 1.29 is 0 Å². The number of nitrogens with zero attached hydrogens (tertiary/aromatic N) is 3. The summed E-state index contributed by atoms with van der Waals surface area (Å²) >= 11 is 9.28. The third-order valence-corrected chi connectivity index (χ3v) is 3.36. The minimum atomic E-state index is 0.705. The molecule has 0 N–H and O–H groups in total. The minimum Gasteiger partial charge on any atom is -0.221 e. The largest absolute Gasteiger partial charge is 0.221 e. The van der Waals surface area contributed by atoms with Gasteiger partial charge in [0, 0.05) is 22.1 Å². The van der Waals surface area contributed by atoms with E-state index in [-0.39, 0.29) is 0 Å². The Morgan fingerprint density at radius 1 is 1.17 bits per heavy atom. The van der Waals surface area contributed by atoms with E-state index < -0.39 is 0 Å². The van der Waals surface area contributed by atoms with Gasteiger partial charge in [-0.25, -0.2) is 9.50 Å². The molecular formula is C13H9BrClN3. The second-order valence-corrected chi connectivity index (χ2v) is 5.33. The van der Waals surface area contributed by atoms with Crippen molar-refractivity contribution in [2.24, 2.45) is 0 Å². The van der Waals surface area contributed by atoms with E-state index in [1.807, 2.05) is 42.6 Å². The normalized spacial score (nSPS) is 11.0. The zero-order valence-corrected chi connectivity index (χ0v) is 11.7. The lowest BCUT2D eigenvalue weighted by Gasteiger charge is -1.96. The van der Waals surface area contributed by atoms with Gasteiger partial charge in [0.25, 0.3) is 0 Å². The SMILES string of the molecule is Clc1ccc(Cc2nc3cc(Br)ccn3n2)cc1. The molecule has 0 spiro atoms. The lowest BCUT2D eigenvalue weighted by Crippen LogP contribution is -1.91. The number of aromatic nitrogens is 3. The van der Waals surface area contributed by atoms with Crippen molar-refractivity contribution in [2.75, 3.05) is 0 Å². The van der Waals surface area contributed by atoms with Crippen molar-refractivity contribution in [3.05, 3.63) is 63.5 Å². The third-order valence-electron chi connectivity index (χ3n) is 2.62. The van der Waals surface area contributed by atoms with Crippen LogP contribution in [-0.4, -0.2) is 14.6 Å². The zero-order valence-electron chi connectivity index (χ0n) is 9.35. The molecule has 5 heteroatoms. The number of benzene rings is 1. The molecule has 0 saturated carbocycles. The first-order valence-electron chi connectivity index (χ1n) is 5.46. The van der Waals surface area contributed by atoms with Crippen LogP contribution >= 0.6 is 27.5 Å². The Balaban J connectivity index is 1.92. The first-order valence-corrected chi connectivity index (χ1v) is 6.63. The minimum absolute atomic E-state index is 0.705. The van der Waals surface area contributed by atoms with Gasteiger partial charge in [-0.15, -0.1) is 0 Å². The van der Waals surface area contributed by atoms with Crippen LogP contribution in [0.15, 0.2) is 47.1 Å². The summed E-state index contributed by atoms with van der Waals surface area (Å²) in [5.41, 5.74) is 1.99. The second-order valence-electron chi connectivity index (χ2n) is 3.98. The molecule has 3 nitrogen and oxygen atoms in total. The first kappa shape index (κ1) is 11.7. The number of pyridine rings is 1. The van der Waals surface area contributed by atoms with E-state index in [9.17, 15) is 0 Å². The Hall–Kier alpha value is -1.39. The van der Waals surface area contributed by atoms with Crippen LogP contribution in [0.2, 0.25) is 5.02 Å². The van der Waals surface area contributed by atoms with Crippen molar-refractivity contribution in [1.82, 2.24) is 14.6 Å². The average Bonchev–Trinajstić information content (AvgIpc) is 2.73. The van der Waals surface area contributed by atoms with Crippen molar-refractivity contribution in [1.29, 1.82) is 0 Å². The average molecular weight is 323 g/mol. The van der Waals surface area contributed by atoms with Gasteiger partial charge in [-0.05, 0) is 29.8 Å². The van der Waals surface area contributed by atoms with E-state index >= 15 is 0 Å². The number of hydrogen-bond donors (Lipinski definition) is 0. The maximum atomic E-state index is 5.86. The molecule has 3 rings (SSSR count). The van der Waals surface area contributed by atoms with E-state index in [4.69, 9.17) is 11.6 Å². The highest BCUT2D eigenvalue weighted by Gasteiger charge is 2.05. The van der Waals surface area contributed by atoms with Crippen LogP contribution in [0.1, 0.15) is 11.4 Å². The Morgan fingerprint density at radius 2 is 1.94 bits per heavy atom. The van der Waals surface area contributed by atoms with Gasteiger partial charge in [0.05, 0.1) is 0 Å². The summed E-state index contributed by atoms with van der Waals surface area (Å²) in [4.78, 5) is 4.48. The highest BCUT2D eigenvalue weighted by atomic mass is 79.9. The monoisotopic (exact) mass is 321 g/mol. The fraction of sp³-hybridized carbons (Fsp3) is 0.0769. The van der Waals surface area contributed by atoms with Gasteiger partial charge in [-0.1, -0.05) is 39.7 Å². The van der Waals surface area contributed by atoms with Crippen LogP contribution in [0.4, 0.5) is 0 Å². The predicted molar refractivity (Wildman–Crippen MR) is 74.9 cm³/mol. The van der Waals surface area contributed by atoms with Crippen molar-refractivity contribution >= 4 is 33.2 Å². The molecule has 3 aromatic rings. The molecule has 2 aromatic heterocycles. The Kier molecular flexibility index (Phi) is 3.06. The third kappa shape index (κ3) is 2.40. The Bertz CT molecular complexity index is 691. The van der Waals surface area contributed by atoms with Gasteiger partial charge in [-0.2, -0.15) is 5.10 Å². The lowest BCUT2D eigenvalue weighted by atomic mass is 10.1. The fourth-order valence-electron chi connectivity index (χ4n) is 1.76. The maximum Gasteiger partial charge on any atom is 0.156 e. The van der Waals surface area contributed by atoms with Gasteiger partial charge in [0.1, 0.15) is 0 Å². The number of hydrogen-bond acceptors (Lipinski definition) is 2. The summed E-state index contributed by atoms with van der Waals surface area (Å²) in [7, 11) is 0. The molecule has 0 aliphatic carbocycles. The van der Waals surface area contributed by atoms with Crippen LogP contribution in [0.25, 0.3) is 5.65 Å². The van der Waals surface area contributed by atoms with Crippen LogP contribution in [0, 0.1) is 0 Å². The van der Waals surface area contributed by atoms with E-state index in [2.05, 4.69) is 26.0 Å². The number of halogens is 2. The smallest absolute Gasteiger partial charge is 0.156 e. The molecule has 0 amide bonds. The molecule has 2 heterocycles. The van der Waals surface area contributed by atoms with Crippen LogP contribution in [0.5, 0.6) is 0 Å². The molecule has 18 heavy (non-hydrogen) atoms. The molecule has 0 aliphatic rings. The van der Waals surface area contributed by atoms with Gasteiger partial charge >= 0.3 is 0 Å². The summed E-state index contributed by atoms with van der Waals surface area (Å²) in [5.74, 6) is 0.801. The molecule has 0 atom stereocenters. The molecule has 0 saturated heterocycles. The molecular weight excluding hydrogens is 314 g/mol. The summed E-state index contributed by atoms with van der Waals surface area (Å²) in [6.45, 7) is 0. The predicted octanol–water partition coefficient (Wildman–Crippen LogP) is 3.74. The van der Waals surface area contributed by atoms with E-state index in [0.29, 0.717) is 6.42 Å². The summed E-state index contributed by atoms with van der Waals surface area (Å²) < 4.78 is 2.77. The second kappa shape index (κ2) is 4.71. The van der Waals surface area contributed by atoms with Crippen LogP contribution in [-0.2, 0) is 6.42 Å². The van der Waals surface area contributed by atoms with E-state index in [0.717, 1.165) is 26.5 Å². The van der Waals surface area contributed by atoms with Crippen LogP contribution < -0.4 is 0 Å². The fourth-order valence-corrected chi connectivity index (χ4v) is 2.21. The zero-order chi connectivity index (χ0) is 12.5. The summed E-state index contributed by atoms with van der Waals surface area (Å²) in [5, 5.41) is 5.16. The topological polar surface area (TPSA) is 30.2 Å². The Labute approximate surface area is 118 Å². The molecule has 0 bridgehead atoms. The summed E-state index contributed by atoms with van der Waals surface area (Å²) in [6, 6.07) is 11.6. The number of fused-ring (bicyclic) bond motifs is 1. The summed E-state index contributed by atoms with van der Waals surface area (Å²) in [6.07, 6.45) is 2.59. The molecule has 0 radical (unpaired) electrons. The number of rotatable bonds is 2. The van der Waals surface area contributed by atoms with Crippen molar-refractivity contribution in [3.63, 3.8) is 0 Å². The first-order chi connectivity index (χ1) is 8.70. The van der Waals surface area contributed by atoms with Crippen molar-refractivity contribution in [3.8, 4) is 0 Å². The lowest BCUT2D eigenvalue weighted by molar-refractivity contribution is 0.899. The molecule has 90 valence electrons. The Morgan fingerprint density at radius 3 is 2.72 bits per heavy atom. The molecule has 0 aliphatic heterocycles. The van der Waals surface area contributed by atoms with Crippen LogP contribution in [0.3, 0.4) is 0 Å². The van der Waals surface area contributed by atoms with E-state index in [1.165, 1.54) is 0 Å². The molecule has 1 aromatic carbocycles. The van der Waals surface area contributed by atoms with Gasteiger partial charge in [0.2, 0.25) is 0 Å². The van der Waals surface area contributed by atoms with Gasteiger partial charge < -0.3 is 0 Å².